The van der Waals surface area contributed by atoms with E-state index in [1.807, 2.05) is 11.5 Å². The largest absolute Gasteiger partial charge is 0.464 e. The number of esters is 1. The summed E-state index contributed by atoms with van der Waals surface area (Å²) in [6.45, 7) is 2.65. The fourth-order valence-corrected chi connectivity index (χ4v) is 4.20. The van der Waals surface area contributed by atoms with E-state index in [-0.39, 0.29) is 16.7 Å². The highest BCUT2D eigenvalue weighted by atomic mass is 32.2. The molecule has 9 nitrogen and oxygen atoms in total. The molecule has 0 fully saturated rings. The van der Waals surface area contributed by atoms with Crippen LogP contribution in [0.1, 0.15) is 13.3 Å². The van der Waals surface area contributed by atoms with Gasteiger partial charge in [-0.3, -0.25) is 0 Å². The molecule has 0 amide bonds. The molecule has 1 aromatic heterocycles. The van der Waals surface area contributed by atoms with Crippen molar-refractivity contribution in [3.8, 4) is 0 Å². The zero-order chi connectivity index (χ0) is 18.9. The molecule has 2 aromatic rings. The number of aromatic nitrogens is 2. The zero-order valence-corrected chi connectivity index (χ0v) is 15.8. The van der Waals surface area contributed by atoms with E-state index in [2.05, 4.69) is 14.9 Å². The number of rotatable bonds is 6. The number of ether oxygens (including phenoxy) is 1. The van der Waals surface area contributed by atoms with Crippen molar-refractivity contribution < 1.29 is 22.8 Å². The molecule has 140 valence electrons. The summed E-state index contributed by atoms with van der Waals surface area (Å²) in [5.74, 6) is 0.0452. The molecular formula is C15H18N4O5S2. The van der Waals surface area contributed by atoms with Crippen molar-refractivity contribution in [2.75, 3.05) is 12.9 Å². The van der Waals surface area contributed by atoms with Gasteiger partial charge in [-0.15, -0.1) is 0 Å². The average molecular weight is 398 g/mol. The molecule has 1 aliphatic heterocycles. The number of imidazole rings is 1. The van der Waals surface area contributed by atoms with Gasteiger partial charge in [-0.1, -0.05) is 16.9 Å². The summed E-state index contributed by atoms with van der Waals surface area (Å²) in [7, 11) is -2.48. The Morgan fingerprint density at radius 3 is 2.92 bits per heavy atom. The number of sulfonamides is 1. The topological polar surface area (TPSA) is 126 Å². The van der Waals surface area contributed by atoms with Crippen LogP contribution in [0.5, 0.6) is 0 Å². The standard InChI is InChI=1S/C15H18N4O5S2/c1-3-19-13-5-4-10(26(16,21)22)7-11(13)17-15(19)25-8-9-6-12(18-24-9)14(20)23-2/h4-5,7,9H,3,6,8H2,1-2H3,(H2,16,21,22)/t9-/m1/s1. The molecule has 11 heteroatoms. The molecule has 1 aliphatic rings. The first-order valence-electron chi connectivity index (χ1n) is 7.80. The van der Waals surface area contributed by atoms with Crippen LogP contribution in [-0.2, 0) is 30.9 Å². The molecule has 26 heavy (non-hydrogen) atoms. The highest BCUT2D eigenvalue weighted by Gasteiger charge is 2.27. The first-order chi connectivity index (χ1) is 12.3. The Labute approximate surface area is 154 Å². The Bertz CT molecular complexity index is 983. The molecule has 0 saturated carbocycles. The normalized spacial score (nSPS) is 17.2. The second kappa shape index (κ2) is 7.25. The lowest BCUT2D eigenvalue weighted by Gasteiger charge is -2.08. The van der Waals surface area contributed by atoms with E-state index in [1.54, 1.807) is 6.07 Å². The fourth-order valence-electron chi connectivity index (χ4n) is 2.60. The molecule has 0 radical (unpaired) electrons. The maximum absolute atomic E-state index is 11.5. The molecule has 0 spiro atoms. The van der Waals surface area contributed by atoms with E-state index in [0.717, 1.165) is 10.7 Å². The van der Waals surface area contributed by atoms with Crippen molar-refractivity contribution in [3.63, 3.8) is 0 Å². The first kappa shape index (κ1) is 18.7. The quantitative estimate of drug-likeness (QED) is 0.570. The van der Waals surface area contributed by atoms with E-state index < -0.39 is 16.0 Å². The number of aryl methyl sites for hydroxylation is 1. The lowest BCUT2D eigenvalue weighted by Crippen LogP contribution is -2.18. The number of thioether (sulfide) groups is 1. The zero-order valence-electron chi connectivity index (χ0n) is 14.2. The Kier molecular flexibility index (Phi) is 5.21. The number of benzene rings is 1. The average Bonchev–Trinajstić information content (AvgIpc) is 3.21. The molecule has 0 bridgehead atoms. The summed E-state index contributed by atoms with van der Waals surface area (Å²) in [5.41, 5.74) is 1.64. The number of oxime groups is 1. The third-order valence-corrected chi connectivity index (χ3v) is 5.90. The summed E-state index contributed by atoms with van der Waals surface area (Å²) in [6, 6.07) is 4.63. The number of methoxy groups -OCH3 is 1. The van der Waals surface area contributed by atoms with Gasteiger partial charge in [0.05, 0.1) is 23.0 Å². The summed E-state index contributed by atoms with van der Waals surface area (Å²) >= 11 is 1.45. The van der Waals surface area contributed by atoms with Crippen LogP contribution in [0.25, 0.3) is 11.0 Å². The Morgan fingerprint density at radius 1 is 1.50 bits per heavy atom. The number of primary sulfonamides is 1. The van der Waals surface area contributed by atoms with Gasteiger partial charge in [0.1, 0.15) is 6.10 Å². The Balaban J connectivity index is 1.77. The molecule has 1 aromatic carbocycles. The number of carbonyl (C=O) groups is 1. The number of hydrogen-bond donors (Lipinski definition) is 1. The number of carbonyl (C=O) groups excluding carboxylic acids is 1. The molecule has 0 saturated heterocycles. The smallest absolute Gasteiger partial charge is 0.355 e. The predicted molar refractivity (Wildman–Crippen MR) is 96.4 cm³/mol. The van der Waals surface area contributed by atoms with E-state index in [9.17, 15) is 13.2 Å². The number of nitrogens with zero attached hydrogens (tertiary/aromatic N) is 3. The van der Waals surface area contributed by atoms with Gasteiger partial charge < -0.3 is 14.1 Å². The van der Waals surface area contributed by atoms with Crippen LogP contribution >= 0.6 is 11.8 Å². The number of nitrogens with two attached hydrogens (primary N) is 1. The Hall–Kier alpha value is -2.11. The highest BCUT2D eigenvalue weighted by molar-refractivity contribution is 7.99. The van der Waals surface area contributed by atoms with Crippen LogP contribution < -0.4 is 5.14 Å². The van der Waals surface area contributed by atoms with Crippen molar-refractivity contribution >= 4 is 44.5 Å². The molecule has 2 heterocycles. The minimum absolute atomic E-state index is 0.0255. The Morgan fingerprint density at radius 2 is 2.27 bits per heavy atom. The van der Waals surface area contributed by atoms with Gasteiger partial charge in [0, 0.05) is 18.7 Å². The highest BCUT2D eigenvalue weighted by Crippen LogP contribution is 2.28. The summed E-state index contributed by atoms with van der Waals surface area (Å²) < 4.78 is 29.6. The third kappa shape index (κ3) is 3.69. The van der Waals surface area contributed by atoms with Crippen LogP contribution in [0.15, 0.2) is 33.4 Å². The maximum Gasteiger partial charge on any atom is 0.355 e. The van der Waals surface area contributed by atoms with Gasteiger partial charge in [0.2, 0.25) is 10.0 Å². The lowest BCUT2D eigenvalue weighted by atomic mass is 10.2. The second-order valence-electron chi connectivity index (χ2n) is 5.61. The first-order valence-corrected chi connectivity index (χ1v) is 10.3. The van der Waals surface area contributed by atoms with Gasteiger partial charge in [0.15, 0.2) is 10.9 Å². The van der Waals surface area contributed by atoms with Gasteiger partial charge in [0.25, 0.3) is 0 Å². The van der Waals surface area contributed by atoms with Crippen molar-refractivity contribution in [2.45, 2.75) is 36.0 Å². The predicted octanol–water partition coefficient (Wildman–Crippen LogP) is 1.11. The van der Waals surface area contributed by atoms with Crippen molar-refractivity contribution in [3.05, 3.63) is 18.2 Å². The monoisotopic (exact) mass is 398 g/mol. The second-order valence-corrected chi connectivity index (χ2v) is 8.15. The van der Waals surface area contributed by atoms with Crippen LogP contribution in [0.2, 0.25) is 0 Å². The van der Waals surface area contributed by atoms with Crippen molar-refractivity contribution in [1.29, 1.82) is 0 Å². The van der Waals surface area contributed by atoms with E-state index in [4.69, 9.17) is 9.98 Å². The lowest BCUT2D eigenvalue weighted by molar-refractivity contribution is -0.132. The van der Waals surface area contributed by atoms with E-state index in [0.29, 0.717) is 24.2 Å². The van der Waals surface area contributed by atoms with Gasteiger partial charge >= 0.3 is 5.97 Å². The molecule has 2 N–H and O–H groups in total. The van der Waals surface area contributed by atoms with Gasteiger partial charge in [-0.05, 0) is 25.1 Å². The van der Waals surface area contributed by atoms with Gasteiger partial charge in [-0.2, -0.15) is 0 Å². The van der Waals surface area contributed by atoms with Crippen LogP contribution in [0, 0.1) is 0 Å². The summed E-state index contributed by atoms with van der Waals surface area (Å²) in [4.78, 5) is 21.2. The van der Waals surface area contributed by atoms with E-state index in [1.165, 1.54) is 31.0 Å². The minimum Gasteiger partial charge on any atom is -0.464 e. The van der Waals surface area contributed by atoms with Gasteiger partial charge in [-0.25, -0.2) is 23.3 Å². The van der Waals surface area contributed by atoms with Crippen LogP contribution in [0.3, 0.4) is 0 Å². The fraction of sp³-hybridized carbons (Fsp3) is 0.400. The molecular weight excluding hydrogens is 380 g/mol. The number of fused-ring (bicyclic) bond motifs is 1. The summed E-state index contributed by atoms with van der Waals surface area (Å²) in [6.07, 6.45) is 0.126. The van der Waals surface area contributed by atoms with E-state index >= 15 is 0 Å². The van der Waals surface area contributed by atoms with Crippen molar-refractivity contribution in [2.24, 2.45) is 10.3 Å². The molecule has 3 rings (SSSR count). The molecule has 0 aliphatic carbocycles. The SMILES string of the molecule is CCn1c(SC[C@H]2CC(C(=O)OC)=NO2)nc2cc(S(N)(=O)=O)ccc21. The van der Waals surface area contributed by atoms with Crippen LogP contribution in [0.4, 0.5) is 0 Å². The minimum atomic E-state index is -3.78. The third-order valence-electron chi connectivity index (χ3n) is 3.88. The van der Waals surface area contributed by atoms with Crippen molar-refractivity contribution in [1.82, 2.24) is 9.55 Å². The summed E-state index contributed by atoms with van der Waals surface area (Å²) in [5, 5.41) is 9.65. The van der Waals surface area contributed by atoms with Crippen LogP contribution in [-0.4, -0.2) is 48.6 Å². The molecule has 0 unspecified atom stereocenters. The number of hydrogen-bond acceptors (Lipinski definition) is 8. The maximum atomic E-state index is 11.5. The molecule has 1 atom stereocenters.